The molecule has 4 unspecified atom stereocenters. The molecule has 6 N–H and O–H groups in total. The van der Waals surface area contributed by atoms with Crippen LogP contribution in [0.5, 0.6) is 0 Å². The summed E-state index contributed by atoms with van der Waals surface area (Å²) in [6, 6.07) is 0. The summed E-state index contributed by atoms with van der Waals surface area (Å²) in [4.78, 5) is 0. The standard InChI is InChI=1S/C16H32O.C9H24N4/c1-5-7-8-15(6-2)10-13(3)9-14(4)11-16-12-17-16;10-4-8-12-6-2-1-3-7-13-9-5-11/h13-16H,5-12H2,1-4H3;12-13H,1-11H2. The highest BCUT2D eigenvalue weighted by Gasteiger charge is 2.25. The molecule has 1 aliphatic rings. The minimum atomic E-state index is 0.610. The van der Waals surface area contributed by atoms with E-state index in [2.05, 4.69) is 38.3 Å². The molecule has 4 atom stereocenters. The first-order valence-corrected chi connectivity index (χ1v) is 13.0. The van der Waals surface area contributed by atoms with E-state index in [9.17, 15) is 0 Å². The molecule has 0 spiro atoms. The molecule has 0 aliphatic carbocycles. The lowest BCUT2D eigenvalue weighted by Crippen LogP contribution is -2.24. The van der Waals surface area contributed by atoms with Gasteiger partial charge in [0, 0.05) is 26.2 Å². The van der Waals surface area contributed by atoms with Gasteiger partial charge in [0.25, 0.3) is 0 Å². The lowest BCUT2D eigenvalue weighted by molar-refractivity contribution is 0.285. The van der Waals surface area contributed by atoms with E-state index in [1.54, 1.807) is 0 Å². The van der Waals surface area contributed by atoms with Crippen molar-refractivity contribution in [1.82, 2.24) is 10.6 Å². The van der Waals surface area contributed by atoms with Crippen LogP contribution >= 0.6 is 0 Å². The Hall–Kier alpha value is -0.200. The predicted molar refractivity (Wildman–Crippen MR) is 133 cm³/mol. The fourth-order valence-corrected chi connectivity index (χ4v) is 4.21. The fourth-order valence-electron chi connectivity index (χ4n) is 4.21. The van der Waals surface area contributed by atoms with Crippen molar-refractivity contribution in [3.8, 4) is 0 Å². The first-order valence-electron chi connectivity index (χ1n) is 13.0. The third-order valence-electron chi connectivity index (χ3n) is 6.00. The molecule has 1 saturated heterocycles. The Bertz CT molecular complexity index is 329. The van der Waals surface area contributed by atoms with E-state index in [1.165, 1.54) is 64.2 Å². The first kappa shape index (κ1) is 29.8. The van der Waals surface area contributed by atoms with E-state index in [0.717, 1.165) is 63.6 Å². The second-order valence-corrected chi connectivity index (χ2v) is 9.43. The van der Waals surface area contributed by atoms with E-state index < -0.39 is 0 Å². The van der Waals surface area contributed by atoms with Gasteiger partial charge in [-0.15, -0.1) is 0 Å². The number of nitrogens with one attached hydrogen (secondary N) is 2. The quantitative estimate of drug-likeness (QED) is 0.171. The van der Waals surface area contributed by atoms with Crippen LogP contribution < -0.4 is 22.1 Å². The van der Waals surface area contributed by atoms with Crippen molar-refractivity contribution < 1.29 is 4.74 Å². The minimum absolute atomic E-state index is 0.610. The van der Waals surface area contributed by atoms with E-state index in [4.69, 9.17) is 16.2 Å². The average molecular weight is 429 g/mol. The third kappa shape index (κ3) is 21.0. The Balaban J connectivity index is 0.000000584. The van der Waals surface area contributed by atoms with Crippen molar-refractivity contribution in [2.24, 2.45) is 29.2 Å². The zero-order valence-electron chi connectivity index (χ0n) is 20.9. The van der Waals surface area contributed by atoms with Crippen molar-refractivity contribution in [2.75, 3.05) is 45.9 Å². The van der Waals surface area contributed by atoms with Crippen LogP contribution in [0.2, 0.25) is 0 Å². The zero-order chi connectivity index (χ0) is 22.5. The average Bonchev–Trinajstić information content (AvgIpc) is 3.54. The summed E-state index contributed by atoms with van der Waals surface area (Å²) in [5.74, 6) is 2.71. The van der Waals surface area contributed by atoms with Gasteiger partial charge in [0.05, 0.1) is 12.7 Å². The van der Waals surface area contributed by atoms with E-state index in [-0.39, 0.29) is 0 Å². The summed E-state index contributed by atoms with van der Waals surface area (Å²) in [5, 5.41) is 6.54. The highest BCUT2D eigenvalue weighted by molar-refractivity contribution is 4.74. The molecule has 0 amide bonds. The van der Waals surface area contributed by atoms with Crippen LogP contribution in [-0.2, 0) is 4.74 Å². The molecule has 0 aromatic rings. The Labute approximate surface area is 188 Å². The summed E-state index contributed by atoms with van der Waals surface area (Å²) in [7, 11) is 0. The maximum Gasteiger partial charge on any atom is 0.0812 e. The lowest BCUT2D eigenvalue weighted by atomic mass is 9.84. The van der Waals surface area contributed by atoms with Crippen molar-refractivity contribution in [2.45, 2.75) is 98.0 Å². The van der Waals surface area contributed by atoms with Gasteiger partial charge in [0.1, 0.15) is 0 Å². The molecular formula is C25H56N4O. The van der Waals surface area contributed by atoms with Gasteiger partial charge in [0.2, 0.25) is 0 Å². The molecule has 5 nitrogen and oxygen atoms in total. The largest absolute Gasteiger partial charge is 0.373 e. The highest BCUT2D eigenvalue weighted by atomic mass is 16.6. The van der Waals surface area contributed by atoms with Crippen LogP contribution in [0.1, 0.15) is 91.9 Å². The van der Waals surface area contributed by atoms with Gasteiger partial charge in [-0.2, -0.15) is 0 Å². The maximum absolute atomic E-state index is 5.34. The van der Waals surface area contributed by atoms with Crippen LogP contribution in [0.15, 0.2) is 0 Å². The van der Waals surface area contributed by atoms with E-state index in [0.29, 0.717) is 6.10 Å². The zero-order valence-corrected chi connectivity index (χ0v) is 20.9. The number of epoxide rings is 1. The second-order valence-electron chi connectivity index (χ2n) is 9.43. The topological polar surface area (TPSA) is 88.6 Å². The minimum Gasteiger partial charge on any atom is -0.373 e. The summed E-state index contributed by atoms with van der Waals surface area (Å²) in [6.45, 7) is 16.0. The Morgan fingerprint density at radius 2 is 1.43 bits per heavy atom. The van der Waals surface area contributed by atoms with Gasteiger partial charge in [-0.25, -0.2) is 0 Å². The number of hydrogen-bond acceptors (Lipinski definition) is 5. The third-order valence-corrected chi connectivity index (χ3v) is 6.00. The monoisotopic (exact) mass is 428 g/mol. The SMILES string of the molecule is CCCCC(CC)CC(C)CC(C)CC1CO1.NCCNCCCCCNCCN. The van der Waals surface area contributed by atoms with Crippen molar-refractivity contribution in [1.29, 1.82) is 0 Å². The van der Waals surface area contributed by atoms with Gasteiger partial charge < -0.3 is 26.8 Å². The number of rotatable bonds is 20. The van der Waals surface area contributed by atoms with Crippen molar-refractivity contribution >= 4 is 0 Å². The molecule has 1 aliphatic heterocycles. The summed E-state index contributed by atoms with van der Waals surface area (Å²) < 4.78 is 5.32. The second kappa shape index (κ2) is 22.0. The van der Waals surface area contributed by atoms with Gasteiger partial charge in [-0.1, -0.05) is 59.8 Å². The molecule has 0 bridgehead atoms. The summed E-state index contributed by atoms with van der Waals surface area (Å²) in [5.41, 5.74) is 10.7. The lowest BCUT2D eigenvalue weighted by Gasteiger charge is -2.22. The highest BCUT2D eigenvalue weighted by Crippen LogP contribution is 2.29. The maximum atomic E-state index is 5.34. The van der Waals surface area contributed by atoms with Crippen molar-refractivity contribution in [3.05, 3.63) is 0 Å². The molecule has 0 saturated carbocycles. The van der Waals surface area contributed by atoms with Gasteiger partial charge in [-0.3, -0.25) is 0 Å². The van der Waals surface area contributed by atoms with Crippen LogP contribution in [0.25, 0.3) is 0 Å². The van der Waals surface area contributed by atoms with Crippen LogP contribution in [0, 0.1) is 17.8 Å². The molecular weight excluding hydrogens is 372 g/mol. The Morgan fingerprint density at radius 3 is 1.90 bits per heavy atom. The molecule has 1 fully saturated rings. The molecule has 0 radical (unpaired) electrons. The van der Waals surface area contributed by atoms with E-state index >= 15 is 0 Å². The Morgan fingerprint density at radius 1 is 0.833 bits per heavy atom. The number of nitrogens with two attached hydrogens (primary N) is 2. The fraction of sp³-hybridized carbons (Fsp3) is 1.00. The smallest absolute Gasteiger partial charge is 0.0812 e. The number of hydrogen-bond donors (Lipinski definition) is 4. The summed E-state index contributed by atoms with van der Waals surface area (Å²) >= 11 is 0. The van der Waals surface area contributed by atoms with Crippen molar-refractivity contribution in [3.63, 3.8) is 0 Å². The molecule has 5 heteroatoms. The predicted octanol–water partition coefficient (Wildman–Crippen LogP) is 4.30. The molecule has 1 rings (SSSR count). The Kier molecular flexibility index (Phi) is 21.9. The van der Waals surface area contributed by atoms with Crippen LogP contribution in [-0.4, -0.2) is 52.0 Å². The molecule has 0 aromatic heterocycles. The number of unbranched alkanes of at least 4 members (excludes halogenated alkanes) is 3. The summed E-state index contributed by atoms with van der Waals surface area (Å²) in [6.07, 6.45) is 14.0. The first-order chi connectivity index (χ1) is 14.6. The van der Waals surface area contributed by atoms with Gasteiger partial charge in [0.15, 0.2) is 0 Å². The van der Waals surface area contributed by atoms with Gasteiger partial charge in [-0.05, 0) is 62.9 Å². The van der Waals surface area contributed by atoms with Crippen LogP contribution in [0.3, 0.4) is 0 Å². The number of ether oxygens (including phenoxy) is 1. The molecule has 0 aromatic carbocycles. The molecule has 1 heterocycles. The molecule has 182 valence electrons. The van der Waals surface area contributed by atoms with E-state index in [1.807, 2.05) is 0 Å². The molecule has 30 heavy (non-hydrogen) atoms. The normalized spacial score (nSPS) is 18.4. The van der Waals surface area contributed by atoms with Gasteiger partial charge >= 0.3 is 0 Å². The van der Waals surface area contributed by atoms with Crippen LogP contribution in [0.4, 0.5) is 0 Å².